The molecule has 0 saturated carbocycles. The highest BCUT2D eigenvalue weighted by atomic mass is 19.1. The van der Waals surface area contributed by atoms with Crippen LogP contribution in [0.4, 0.5) is 14.9 Å². The molecule has 19 heavy (non-hydrogen) atoms. The van der Waals surface area contributed by atoms with Crippen LogP contribution in [0.15, 0.2) is 18.2 Å². The van der Waals surface area contributed by atoms with Gasteiger partial charge in [-0.25, -0.2) is 14.0 Å². The van der Waals surface area contributed by atoms with Crippen molar-refractivity contribution in [1.82, 2.24) is 5.32 Å². The Kier molecular flexibility index (Phi) is 5.35. The van der Waals surface area contributed by atoms with E-state index in [2.05, 4.69) is 16.6 Å². The van der Waals surface area contributed by atoms with E-state index in [0.717, 1.165) is 6.07 Å². The summed E-state index contributed by atoms with van der Waals surface area (Å²) in [5.74, 6) is 0.291. The topological polar surface area (TPSA) is 78.4 Å². The number of carbonyl (C=O) groups excluding carboxylic acids is 1. The number of carboxylic acids is 1. The predicted octanol–water partition coefficient (Wildman–Crippen LogP) is 2.06. The number of rotatable bonds is 5. The first kappa shape index (κ1) is 14.5. The molecule has 1 rings (SSSR count). The zero-order valence-electron chi connectivity index (χ0n) is 10.1. The standard InChI is InChI=1S/C13H13FN2O3/c1-2-3-4-8-15-13(19)16-11-9(12(17)18)6-5-7-10(11)14/h1,5-7H,3-4,8H2,(H,17,18)(H2,15,16,19). The van der Waals surface area contributed by atoms with Crippen molar-refractivity contribution in [3.63, 3.8) is 0 Å². The van der Waals surface area contributed by atoms with Crippen molar-refractivity contribution in [2.24, 2.45) is 0 Å². The molecule has 0 aromatic heterocycles. The molecule has 5 nitrogen and oxygen atoms in total. The Morgan fingerprint density at radius 2 is 2.16 bits per heavy atom. The van der Waals surface area contributed by atoms with Crippen LogP contribution in [0, 0.1) is 18.2 Å². The van der Waals surface area contributed by atoms with E-state index in [1.807, 2.05) is 0 Å². The minimum atomic E-state index is -1.32. The lowest BCUT2D eigenvalue weighted by atomic mass is 10.1. The molecule has 1 aromatic rings. The summed E-state index contributed by atoms with van der Waals surface area (Å²) in [7, 11) is 0. The number of hydrogen-bond donors (Lipinski definition) is 3. The minimum absolute atomic E-state index is 0.307. The summed E-state index contributed by atoms with van der Waals surface area (Å²) in [4.78, 5) is 22.4. The number of carboxylic acid groups (broad SMARTS) is 1. The van der Waals surface area contributed by atoms with Crippen LogP contribution < -0.4 is 10.6 Å². The van der Waals surface area contributed by atoms with Crippen LogP contribution >= 0.6 is 0 Å². The zero-order chi connectivity index (χ0) is 14.3. The number of urea groups is 1. The summed E-state index contributed by atoms with van der Waals surface area (Å²) in [6.45, 7) is 0.326. The van der Waals surface area contributed by atoms with E-state index in [0.29, 0.717) is 19.4 Å². The predicted molar refractivity (Wildman–Crippen MR) is 68.4 cm³/mol. The van der Waals surface area contributed by atoms with Crippen LogP contribution in [-0.2, 0) is 0 Å². The second kappa shape index (κ2) is 7.01. The van der Waals surface area contributed by atoms with E-state index in [1.54, 1.807) is 0 Å². The maximum Gasteiger partial charge on any atom is 0.337 e. The van der Waals surface area contributed by atoms with Crippen molar-refractivity contribution in [2.75, 3.05) is 11.9 Å². The average molecular weight is 264 g/mol. The number of terminal acetylenes is 1. The molecule has 1 aromatic carbocycles. The van der Waals surface area contributed by atoms with E-state index in [-0.39, 0.29) is 11.3 Å². The van der Waals surface area contributed by atoms with Crippen LogP contribution in [0.3, 0.4) is 0 Å². The smallest absolute Gasteiger partial charge is 0.337 e. The van der Waals surface area contributed by atoms with Gasteiger partial charge in [-0.1, -0.05) is 6.07 Å². The molecule has 3 N–H and O–H groups in total. The zero-order valence-corrected chi connectivity index (χ0v) is 10.1. The van der Waals surface area contributed by atoms with Crippen LogP contribution in [-0.4, -0.2) is 23.7 Å². The Labute approximate surface area is 109 Å². The van der Waals surface area contributed by atoms with Crippen molar-refractivity contribution in [2.45, 2.75) is 12.8 Å². The number of unbranched alkanes of at least 4 members (excludes halogenated alkanes) is 1. The molecule has 0 heterocycles. The fourth-order valence-corrected chi connectivity index (χ4v) is 1.38. The number of aromatic carboxylic acids is 1. The van der Waals surface area contributed by atoms with Gasteiger partial charge in [0.05, 0.1) is 11.3 Å². The molecule has 0 radical (unpaired) electrons. The van der Waals surface area contributed by atoms with E-state index in [4.69, 9.17) is 11.5 Å². The van der Waals surface area contributed by atoms with Gasteiger partial charge in [0.25, 0.3) is 0 Å². The lowest BCUT2D eigenvalue weighted by Gasteiger charge is -2.10. The average Bonchev–Trinajstić information content (AvgIpc) is 2.37. The summed E-state index contributed by atoms with van der Waals surface area (Å²) >= 11 is 0. The summed E-state index contributed by atoms with van der Waals surface area (Å²) in [6.07, 6.45) is 6.15. The number of hydrogen-bond acceptors (Lipinski definition) is 2. The Bertz CT molecular complexity index is 523. The van der Waals surface area contributed by atoms with Gasteiger partial charge in [0.1, 0.15) is 5.82 Å². The van der Waals surface area contributed by atoms with E-state index in [1.165, 1.54) is 12.1 Å². The summed E-state index contributed by atoms with van der Waals surface area (Å²) < 4.78 is 13.5. The third-order valence-corrected chi connectivity index (χ3v) is 2.27. The van der Waals surface area contributed by atoms with Crippen LogP contribution in [0.25, 0.3) is 0 Å². The number of carbonyl (C=O) groups is 2. The molecule has 0 unspecified atom stereocenters. The largest absolute Gasteiger partial charge is 0.478 e. The maximum absolute atomic E-state index is 13.5. The maximum atomic E-state index is 13.5. The van der Waals surface area contributed by atoms with Crippen molar-refractivity contribution >= 4 is 17.7 Å². The third kappa shape index (κ3) is 4.32. The number of para-hydroxylation sites is 1. The molecule has 2 amide bonds. The van der Waals surface area contributed by atoms with Crippen LogP contribution in [0.1, 0.15) is 23.2 Å². The number of halogens is 1. The van der Waals surface area contributed by atoms with Gasteiger partial charge in [0.15, 0.2) is 0 Å². The SMILES string of the molecule is C#CCCCNC(=O)Nc1c(F)cccc1C(=O)O. The van der Waals surface area contributed by atoms with Crippen molar-refractivity contribution in [3.8, 4) is 12.3 Å². The first-order chi connectivity index (χ1) is 9.06. The summed E-state index contributed by atoms with van der Waals surface area (Å²) in [5, 5.41) is 13.5. The third-order valence-electron chi connectivity index (χ3n) is 2.27. The van der Waals surface area contributed by atoms with Gasteiger partial charge in [0, 0.05) is 13.0 Å². The molecule has 6 heteroatoms. The van der Waals surface area contributed by atoms with Crippen molar-refractivity contribution in [3.05, 3.63) is 29.6 Å². The molecule has 0 atom stereocenters. The molecule has 0 bridgehead atoms. The molecule has 0 aliphatic heterocycles. The van der Waals surface area contributed by atoms with Gasteiger partial charge >= 0.3 is 12.0 Å². The minimum Gasteiger partial charge on any atom is -0.478 e. The Hall–Kier alpha value is -2.55. The number of amides is 2. The van der Waals surface area contributed by atoms with Crippen molar-refractivity contribution < 1.29 is 19.1 Å². The van der Waals surface area contributed by atoms with E-state index < -0.39 is 17.8 Å². The highest BCUT2D eigenvalue weighted by Crippen LogP contribution is 2.19. The normalized spacial score (nSPS) is 9.47. The highest BCUT2D eigenvalue weighted by molar-refractivity contribution is 6.00. The fraction of sp³-hybridized carbons (Fsp3) is 0.231. The van der Waals surface area contributed by atoms with Crippen LogP contribution in [0.5, 0.6) is 0 Å². The molecular weight excluding hydrogens is 251 g/mol. The number of benzene rings is 1. The first-order valence-electron chi connectivity index (χ1n) is 5.56. The van der Waals surface area contributed by atoms with Gasteiger partial charge in [0.2, 0.25) is 0 Å². The summed E-state index contributed by atoms with van der Waals surface area (Å²) in [5.41, 5.74) is -0.664. The van der Waals surface area contributed by atoms with Gasteiger partial charge in [-0.3, -0.25) is 0 Å². The molecule has 0 aliphatic carbocycles. The van der Waals surface area contributed by atoms with Gasteiger partial charge in [-0.2, -0.15) is 0 Å². The quantitative estimate of drug-likeness (QED) is 0.562. The monoisotopic (exact) mass is 264 g/mol. The second-order valence-electron chi connectivity index (χ2n) is 3.66. The van der Waals surface area contributed by atoms with Gasteiger partial charge in [-0.15, -0.1) is 12.3 Å². The Morgan fingerprint density at radius 1 is 1.42 bits per heavy atom. The lowest BCUT2D eigenvalue weighted by molar-refractivity contribution is 0.0697. The lowest BCUT2D eigenvalue weighted by Crippen LogP contribution is -2.30. The molecule has 100 valence electrons. The molecule has 0 spiro atoms. The Morgan fingerprint density at radius 3 is 2.79 bits per heavy atom. The van der Waals surface area contributed by atoms with Crippen molar-refractivity contribution in [1.29, 1.82) is 0 Å². The molecule has 0 fully saturated rings. The highest BCUT2D eigenvalue weighted by Gasteiger charge is 2.16. The second-order valence-corrected chi connectivity index (χ2v) is 3.66. The van der Waals surface area contributed by atoms with E-state index >= 15 is 0 Å². The molecule has 0 aliphatic rings. The first-order valence-corrected chi connectivity index (χ1v) is 5.56. The van der Waals surface area contributed by atoms with Crippen LogP contribution in [0.2, 0.25) is 0 Å². The number of anilines is 1. The molecule has 0 saturated heterocycles. The summed E-state index contributed by atoms with van der Waals surface area (Å²) in [6, 6.07) is 2.86. The van der Waals surface area contributed by atoms with E-state index in [9.17, 15) is 14.0 Å². The van der Waals surface area contributed by atoms with Gasteiger partial charge < -0.3 is 15.7 Å². The fourth-order valence-electron chi connectivity index (χ4n) is 1.38. The Balaban J connectivity index is 2.69. The molecular formula is C13H13FN2O3. The van der Waals surface area contributed by atoms with Gasteiger partial charge in [-0.05, 0) is 18.6 Å². The number of nitrogens with one attached hydrogen (secondary N) is 2.